The SMILES string of the molecule is CC(C)CCNC(=O)[C@H](Cc1ccccc1)NC(=O)[C@H](CC(C)C)NC(=O)[C@H](CCc1ccccc1)N(C(=O)C[N+]1(Cc2ccc(OC(=O)C(C)C)c(C=O)c2)CCOCC1)C(=O)[C@@]1(C)CO1. The lowest BCUT2D eigenvalue weighted by atomic mass is 9.98. The van der Waals surface area contributed by atoms with Crippen molar-refractivity contribution in [1.82, 2.24) is 20.9 Å². The predicted molar refractivity (Wildman–Crippen MR) is 252 cm³/mol. The van der Waals surface area contributed by atoms with Crippen LogP contribution in [0.4, 0.5) is 0 Å². The van der Waals surface area contributed by atoms with E-state index >= 15 is 9.59 Å². The van der Waals surface area contributed by atoms with Crippen molar-refractivity contribution < 1.29 is 52.3 Å². The topological polar surface area (TPSA) is 190 Å². The highest BCUT2D eigenvalue weighted by Gasteiger charge is 2.54. The Kier molecular flexibility index (Phi) is 18.9. The maximum atomic E-state index is 15.1. The van der Waals surface area contributed by atoms with Gasteiger partial charge in [-0.2, -0.15) is 0 Å². The number of quaternary nitrogens is 1. The number of amides is 5. The van der Waals surface area contributed by atoms with Crippen LogP contribution >= 0.6 is 0 Å². The quantitative estimate of drug-likeness (QED) is 0.0364. The van der Waals surface area contributed by atoms with Gasteiger partial charge in [0, 0.05) is 18.5 Å². The summed E-state index contributed by atoms with van der Waals surface area (Å²) in [5.74, 6) is -3.37. The third-order valence-electron chi connectivity index (χ3n) is 12.2. The highest BCUT2D eigenvalue weighted by molar-refractivity contribution is 6.05. The van der Waals surface area contributed by atoms with Crippen LogP contribution in [0.25, 0.3) is 0 Å². The molecule has 3 N–H and O–H groups in total. The molecule has 0 unspecified atom stereocenters. The maximum absolute atomic E-state index is 15.1. The Morgan fingerprint density at radius 3 is 1.99 bits per heavy atom. The first-order valence-electron chi connectivity index (χ1n) is 23.6. The first-order valence-corrected chi connectivity index (χ1v) is 23.6. The standard InChI is InChI=1S/C52H69N5O10/c1-35(2)22-23-53-47(60)43(30-39-16-12-9-13-17-39)54-48(61)42(28-36(3)4)55-49(62)44(20-18-38-14-10-8-11-15-38)56(51(64)52(7)34-66-52)46(59)32-57(24-26-65-27-25-57)31-40-19-21-45(41(29-40)33-58)67-50(63)37(5)6/h8-17,19,21,29,33,35-37,42-44H,18,20,22-28,30-32,34H2,1-7H3,(H2-,53,54,55,60,61,62)/p+1/t42-,43-,44-,52+/m0/s1. The van der Waals surface area contributed by atoms with Crippen LogP contribution in [0.5, 0.6) is 5.75 Å². The molecule has 0 saturated carbocycles. The second-order valence-corrected chi connectivity index (χ2v) is 19.3. The molecule has 2 aliphatic heterocycles. The van der Waals surface area contributed by atoms with Crippen LogP contribution in [0.2, 0.25) is 0 Å². The van der Waals surface area contributed by atoms with Crippen molar-refractivity contribution in [1.29, 1.82) is 0 Å². The molecular formula is C52H70N5O10+. The fourth-order valence-corrected chi connectivity index (χ4v) is 8.11. The van der Waals surface area contributed by atoms with Gasteiger partial charge in [-0.05, 0) is 73.8 Å². The molecule has 2 aliphatic rings. The van der Waals surface area contributed by atoms with Crippen LogP contribution in [0, 0.1) is 17.8 Å². The summed E-state index contributed by atoms with van der Waals surface area (Å²) in [6.45, 7) is 14.9. The maximum Gasteiger partial charge on any atom is 0.313 e. The highest BCUT2D eigenvalue weighted by atomic mass is 16.6. The van der Waals surface area contributed by atoms with Crippen molar-refractivity contribution in [2.45, 2.75) is 111 Å². The van der Waals surface area contributed by atoms with Gasteiger partial charge in [-0.1, -0.05) is 102 Å². The number of morpholine rings is 1. The summed E-state index contributed by atoms with van der Waals surface area (Å²) >= 11 is 0. The van der Waals surface area contributed by atoms with Crippen molar-refractivity contribution in [2.24, 2.45) is 17.8 Å². The number of imide groups is 1. The molecule has 362 valence electrons. The number of ether oxygens (including phenoxy) is 3. The molecule has 5 rings (SSSR count). The zero-order valence-electron chi connectivity index (χ0n) is 40.2. The van der Waals surface area contributed by atoms with Crippen LogP contribution in [0.1, 0.15) is 94.8 Å². The third kappa shape index (κ3) is 15.4. The first kappa shape index (κ1) is 52.2. The molecule has 3 aromatic carbocycles. The van der Waals surface area contributed by atoms with Gasteiger partial charge in [-0.15, -0.1) is 0 Å². The number of hydrogen-bond acceptors (Lipinski definition) is 10. The van der Waals surface area contributed by atoms with E-state index in [0.29, 0.717) is 57.0 Å². The Balaban J connectivity index is 1.47. The Hall–Kier alpha value is -5.77. The van der Waals surface area contributed by atoms with Crippen molar-refractivity contribution in [3.8, 4) is 5.75 Å². The molecule has 0 bridgehead atoms. The second kappa shape index (κ2) is 24.3. The van der Waals surface area contributed by atoms with E-state index in [4.69, 9.17) is 14.2 Å². The Morgan fingerprint density at radius 2 is 1.40 bits per heavy atom. The summed E-state index contributed by atoms with van der Waals surface area (Å²) in [6.07, 6.45) is 2.15. The molecule has 0 aromatic heterocycles. The van der Waals surface area contributed by atoms with Gasteiger partial charge in [0.05, 0.1) is 31.3 Å². The second-order valence-electron chi connectivity index (χ2n) is 19.3. The lowest BCUT2D eigenvalue weighted by Crippen LogP contribution is -2.64. The van der Waals surface area contributed by atoms with Crippen LogP contribution in [-0.2, 0) is 57.6 Å². The lowest BCUT2D eigenvalue weighted by molar-refractivity contribution is -0.940. The van der Waals surface area contributed by atoms with E-state index in [0.717, 1.165) is 22.4 Å². The number of carbonyl (C=O) groups excluding carboxylic acids is 7. The largest absolute Gasteiger partial charge is 0.426 e. The van der Waals surface area contributed by atoms with Crippen molar-refractivity contribution in [3.63, 3.8) is 0 Å². The van der Waals surface area contributed by atoms with Crippen molar-refractivity contribution >= 4 is 41.8 Å². The summed E-state index contributed by atoms with van der Waals surface area (Å²) in [5, 5.41) is 8.84. The molecule has 2 fully saturated rings. The number of epoxide rings is 1. The molecule has 3 aromatic rings. The van der Waals surface area contributed by atoms with Gasteiger partial charge in [-0.25, -0.2) is 0 Å². The van der Waals surface area contributed by atoms with Gasteiger partial charge in [0.1, 0.15) is 43.5 Å². The number of nitrogens with zero attached hydrogens (tertiary/aromatic N) is 2. The van der Waals surface area contributed by atoms with Gasteiger partial charge in [0.2, 0.25) is 17.7 Å². The lowest BCUT2D eigenvalue weighted by Gasteiger charge is -2.42. The summed E-state index contributed by atoms with van der Waals surface area (Å²) in [6, 6.07) is 20.3. The van der Waals surface area contributed by atoms with Crippen LogP contribution in [0.3, 0.4) is 0 Å². The number of esters is 1. The van der Waals surface area contributed by atoms with E-state index in [1.54, 1.807) is 39.0 Å². The summed E-state index contributed by atoms with van der Waals surface area (Å²) in [4.78, 5) is 98.6. The van der Waals surface area contributed by atoms with Crippen LogP contribution in [0.15, 0.2) is 78.9 Å². The molecule has 4 atom stereocenters. The van der Waals surface area contributed by atoms with Gasteiger partial charge in [0.15, 0.2) is 18.4 Å². The van der Waals surface area contributed by atoms with Crippen molar-refractivity contribution in [3.05, 3.63) is 101 Å². The fourth-order valence-electron chi connectivity index (χ4n) is 8.11. The van der Waals surface area contributed by atoms with E-state index in [-0.39, 0.29) is 66.6 Å². The smallest absolute Gasteiger partial charge is 0.313 e. The zero-order valence-corrected chi connectivity index (χ0v) is 40.2. The Bertz CT molecular complexity index is 2170. The van der Waals surface area contributed by atoms with Gasteiger partial charge < -0.3 is 34.6 Å². The van der Waals surface area contributed by atoms with E-state index < -0.39 is 59.2 Å². The predicted octanol–water partition coefficient (Wildman–Crippen LogP) is 4.97. The Morgan fingerprint density at radius 1 is 0.776 bits per heavy atom. The molecule has 67 heavy (non-hydrogen) atoms. The number of aryl methyl sites for hydroxylation is 1. The average Bonchev–Trinajstić information content (AvgIpc) is 4.06. The fraction of sp³-hybridized carbons (Fsp3) is 0.519. The molecule has 0 radical (unpaired) electrons. The molecule has 0 aliphatic carbocycles. The summed E-state index contributed by atoms with van der Waals surface area (Å²) < 4.78 is 17.0. The van der Waals surface area contributed by atoms with Crippen LogP contribution in [-0.4, -0.2) is 121 Å². The van der Waals surface area contributed by atoms with E-state index in [9.17, 15) is 24.0 Å². The number of carbonyl (C=O) groups is 7. The minimum Gasteiger partial charge on any atom is -0.426 e. The number of benzene rings is 3. The Labute approximate surface area is 395 Å². The molecule has 5 amide bonds. The van der Waals surface area contributed by atoms with E-state index in [1.165, 1.54) is 0 Å². The minimum absolute atomic E-state index is 0.0384. The molecule has 15 heteroatoms. The van der Waals surface area contributed by atoms with Crippen molar-refractivity contribution in [2.75, 3.05) is 46.0 Å². The van der Waals surface area contributed by atoms with Gasteiger partial charge in [0.25, 0.3) is 11.8 Å². The van der Waals surface area contributed by atoms with Crippen LogP contribution < -0.4 is 20.7 Å². The minimum atomic E-state index is -1.36. The zero-order chi connectivity index (χ0) is 48.7. The normalized spacial score (nSPS) is 17.8. The number of hydrogen-bond donors (Lipinski definition) is 3. The van der Waals surface area contributed by atoms with Gasteiger partial charge >= 0.3 is 5.97 Å². The number of rotatable bonds is 24. The molecule has 0 spiro atoms. The summed E-state index contributed by atoms with van der Waals surface area (Å²) in [5.41, 5.74) is 1.24. The van der Waals surface area contributed by atoms with E-state index in [1.807, 2.05) is 74.5 Å². The molecule has 15 nitrogen and oxygen atoms in total. The monoisotopic (exact) mass is 925 g/mol. The van der Waals surface area contributed by atoms with Gasteiger partial charge in [-0.3, -0.25) is 38.5 Å². The highest BCUT2D eigenvalue weighted by Crippen LogP contribution is 2.32. The van der Waals surface area contributed by atoms with E-state index in [2.05, 4.69) is 29.8 Å². The first-order chi connectivity index (χ1) is 31.9. The number of aldehydes is 1. The average molecular weight is 925 g/mol. The molecule has 2 saturated heterocycles. The third-order valence-corrected chi connectivity index (χ3v) is 12.2. The molecular weight excluding hydrogens is 855 g/mol. The number of nitrogens with one attached hydrogen (secondary N) is 3. The molecule has 2 heterocycles. The summed E-state index contributed by atoms with van der Waals surface area (Å²) in [7, 11) is 0.